The second-order valence-electron chi connectivity index (χ2n) is 4.39. The molecule has 0 radical (unpaired) electrons. The van der Waals surface area contributed by atoms with Gasteiger partial charge in [-0.1, -0.05) is 55.5 Å². The monoisotopic (exact) mass is 241 g/mol. The molecule has 2 heteroatoms. The third kappa shape index (κ3) is 2.12. The van der Waals surface area contributed by atoms with Crippen LogP contribution in [-0.4, -0.2) is 7.11 Å². The molecular formula is C16H19NO. The Bertz CT molecular complexity index is 510. The van der Waals surface area contributed by atoms with E-state index in [1.807, 2.05) is 42.5 Å². The Morgan fingerprint density at radius 2 is 1.61 bits per heavy atom. The van der Waals surface area contributed by atoms with E-state index in [2.05, 4.69) is 19.1 Å². The fraction of sp³-hybridized carbons (Fsp3) is 0.250. The summed E-state index contributed by atoms with van der Waals surface area (Å²) in [5.74, 6) is 0.839. The predicted molar refractivity (Wildman–Crippen MR) is 74.7 cm³/mol. The van der Waals surface area contributed by atoms with E-state index in [1.165, 1.54) is 0 Å². The fourth-order valence-corrected chi connectivity index (χ4v) is 2.30. The van der Waals surface area contributed by atoms with Gasteiger partial charge < -0.3 is 10.5 Å². The number of para-hydroxylation sites is 1. The molecule has 1 atom stereocenters. The van der Waals surface area contributed by atoms with Gasteiger partial charge in [0, 0.05) is 5.56 Å². The van der Waals surface area contributed by atoms with Gasteiger partial charge in [-0.05, 0) is 18.1 Å². The minimum atomic E-state index is -0.506. The third-order valence-electron chi connectivity index (χ3n) is 3.43. The Labute approximate surface area is 108 Å². The molecule has 0 saturated heterocycles. The lowest BCUT2D eigenvalue weighted by Gasteiger charge is -2.30. The maximum Gasteiger partial charge on any atom is 0.124 e. The minimum absolute atomic E-state index is 0.506. The zero-order valence-electron chi connectivity index (χ0n) is 10.9. The SMILES string of the molecule is CCC(N)(c1ccccc1)c1ccccc1OC. The summed E-state index contributed by atoms with van der Waals surface area (Å²) in [7, 11) is 1.68. The van der Waals surface area contributed by atoms with E-state index < -0.39 is 5.54 Å². The maximum absolute atomic E-state index is 6.64. The number of hydrogen-bond acceptors (Lipinski definition) is 2. The van der Waals surface area contributed by atoms with Crippen molar-refractivity contribution in [2.45, 2.75) is 18.9 Å². The average Bonchev–Trinajstić information content (AvgIpc) is 2.47. The minimum Gasteiger partial charge on any atom is -0.496 e. The van der Waals surface area contributed by atoms with Crippen molar-refractivity contribution in [2.24, 2.45) is 5.73 Å². The number of methoxy groups -OCH3 is 1. The molecule has 0 bridgehead atoms. The van der Waals surface area contributed by atoms with Crippen LogP contribution in [0.2, 0.25) is 0 Å². The smallest absolute Gasteiger partial charge is 0.124 e. The molecule has 2 aromatic carbocycles. The zero-order chi connectivity index (χ0) is 13.0. The van der Waals surface area contributed by atoms with Crippen LogP contribution in [0, 0.1) is 0 Å². The second kappa shape index (κ2) is 5.23. The lowest BCUT2D eigenvalue weighted by atomic mass is 9.81. The van der Waals surface area contributed by atoms with Gasteiger partial charge in [0.1, 0.15) is 5.75 Å². The number of ether oxygens (including phenoxy) is 1. The molecular weight excluding hydrogens is 222 g/mol. The molecule has 18 heavy (non-hydrogen) atoms. The van der Waals surface area contributed by atoms with Crippen LogP contribution in [-0.2, 0) is 5.54 Å². The highest BCUT2D eigenvalue weighted by molar-refractivity contribution is 5.45. The summed E-state index contributed by atoms with van der Waals surface area (Å²) in [5.41, 5.74) is 8.27. The fourth-order valence-electron chi connectivity index (χ4n) is 2.30. The largest absolute Gasteiger partial charge is 0.496 e. The Hall–Kier alpha value is -1.80. The number of nitrogens with two attached hydrogens (primary N) is 1. The van der Waals surface area contributed by atoms with Gasteiger partial charge in [0.15, 0.2) is 0 Å². The van der Waals surface area contributed by atoms with Crippen molar-refractivity contribution in [1.82, 2.24) is 0 Å². The zero-order valence-corrected chi connectivity index (χ0v) is 10.9. The molecule has 0 aromatic heterocycles. The Morgan fingerprint density at radius 3 is 2.22 bits per heavy atom. The lowest BCUT2D eigenvalue weighted by Crippen LogP contribution is -2.37. The van der Waals surface area contributed by atoms with Gasteiger partial charge >= 0.3 is 0 Å². The van der Waals surface area contributed by atoms with Crippen molar-refractivity contribution in [3.63, 3.8) is 0 Å². The quantitative estimate of drug-likeness (QED) is 0.891. The van der Waals surface area contributed by atoms with Crippen LogP contribution in [0.3, 0.4) is 0 Å². The number of rotatable bonds is 4. The predicted octanol–water partition coefficient (Wildman–Crippen LogP) is 3.31. The van der Waals surface area contributed by atoms with Gasteiger partial charge in [-0.15, -0.1) is 0 Å². The first-order valence-corrected chi connectivity index (χ1v) is 6.20. The van der Waals surface area contributed by atoms with Crippen LogP contribution >= 0.6 is 0 Å². The second-order valence-corrected chi connectivity index (χ2v) is 4.39. The van der Waals surface area contributed by atoms with Gasteiger partial charge in [0.2, 0.25) is 0 Å². The highest BCUT2D eigenvalue weighted by Gasteiger charge is 2.30. The van der Waals surface area contributed by atoms with E-state index in [9.17, 15) is 0 Å². The van der Waals surface area contributed by atoms with Gasteiger partial charge in [0.05, 0.1) is 12.6 Å². The Balaban J connectivity index is 2.57. The first-order chi connectivity index (χ1) is 8.72. The highest BCUT2D eigenvalue weighted by Crippen LogP contribution is 2.35. The third-order valence-corrected chi connectivity index (χ3v) is 3.43. The molecule has 0 heterocycles. The van der Waals surface area contributed by atoms with Gasteiger partial charge in [0.25, 0.3) is 0 Å². The molecule has 94 valence electrons. The summed E-state index contributed by atoms with van der Waals surface area (Å²) in [6.45, 7) is 2.10. The lowest BCUT2D eigenvalue weighted by molar-refractivity contribution is 0.391. The molecule has 2 nitrogen and oxygen atoms in total. The van der Waals surface area contributed by atoms with Crippen molar-refractivity contribution in [2.75, 3.05) is 7.11 Å². The van der Waals surface area contributed by atoms with Crippen molar-refractivity contribution >= 4 is 0 Å². The van der Waals surface area contributed by atoms with E-state index in [0.29, 0.717) is 0 Å². The molecule has 2 aromatic rings. The van der Waals surface area contributed by atoms with E-state index in [1.54, 1.807) is 7.11 Å². The Kier molecular flexibility index (Phi) is 3.68. The average molecular weight is 241 g/mol. The van der Waals surface area contributed by atoms with Crippen LogP contribution in [0.15, 0.2) is 54.6 Å². The molecule has 2 N–H and O–H groups in total. The van der Waals surface area contributed by atoms with E-state index in [4.69, 9.17) is 10.5 Å². The van der Waals surface area contributed by atoms with Crippen molar-refractivity contribution in [3.8, 4) is 5.75 Å². The summed E-state index contributed by atoms with van der Waals surface area (Å²) in [6.07, 6.45) is 0.817. The summed E-state index contributed by atoms with van der Waals surface area (Å²) < 4.78 is 5.43. The van der Waals surface area contributed by atoms with Crippen molar-refractivity contribution in [3.05, 3.63) is 65.7 Å². The van der Waals surface area contributed by atoms with Crippen LogP contribution in [0.1, 0.15) is 24.5 Å². The molecule has 1 unspecified atom stereocenters. The Morgan fingerprint density at radius 1 is 1.00 bits per heavy atom. The van der Waals surface area contributed by atoms with E-state index in [-0.39, 0.29) is 0 Å². The normalized spacial score (nSPS) is 13.9. The summed E-state index contributed by atoms with van der Waals surface area (Å²) in [5, 5.41) is 0. The molecule has 0 amide bonds. The van der Waals surface area contributed by atoms with E-state index >= 15 is 0 Å². The van der Waals surface area contributed by atoms with Gasteiger partial charge in [-0.25, -0.2) is 0 Å². The van der Waals surface area contributed by atoms with Gasteiger partial charge in [-0.3, -0.25) is 0 Å². The molecule has 0 aliphatic heterocycles. The summed E-state index contributed by atoms with van der Waals surface area (Å²) >= 11 is 0. The topological polar surface area (TPSA) is 35.2 Å². The summed E-state index contributed by atoms with van der Waals surface area (Å²) in [4.78, 5) is 0. The summed E-state index contributed by atoms with van der Waals surface area (Å²) in [6, 6.07) is 18.1. The van der Waals surface area contributed by atoms with Crippen molar-refractivity contribution in [1.29, 1.82) is 0 Å². The van der Waals surface area contributed by atoms with Gasteiger partial charge in [-0.2, -0.15) is 0 Å². The van der Waals surface area contributed by atoms with Crippen LogP contribution in [0.4, 0.5) is 0 Å². The van der Waals surface area contributed by atoms with E-state index in [0.717, 1.165) is 23.3 Å². The molecule has 0 fully saturated rings. The first-order valence-electron chi connectivity index (χ1n) is 6.20. The highest BCUT2D eigenvalue weighted by atomic mass is 16.5. The molecule has 0 spiro atoms. The van der Waals surface area contributed by atoms with Crippen molar-refractivity contribution < 1.29 is 4.74 Å². The molecule has 0 saturated carbocycles. The first kappa shape index (κ1) is 12.7. The van der Waals surface area contributed by atoms with Crippen LogP contribution in [0.25, 0.3) is 0 Å². The molecule has 0 aliphatic rings. The number of hydrogen-bond donors (Lipinski definition) is 1. The van der Waals surface area contributed by atoms with Crippen LogP contribution < -0.4 is 10.5 Å². The standard InChI is InChI=1S/C16H19NO/c1-3-16(17,13-9-5-4-6-10-13)14-11-7-8-12-15(14)18-2/h4-12H,3,17H2,1-2H3. The number of benzene rings is 2. The maximum atomic E-state index is 6.64. The van der Waals surface area contributed by atoms with Crippen LogP contribution in [0.5, 0.6) is 5.75 Å². The molecule has 2 rings (SSSR count). The molecule has 0 aliphatic carbocycles.